The van der Waals surface area contributed by atoms with Crippen LogP contribution in [0.3, 0.4) is 0 Å². The van der Waals surface area contributed by atoms with Crippen LogP contribution in [0.15, 0.2) is 71.8 Å². The highest BCUT2D eigenvalue weighted by molar-refractivity contribution is 6.39. The van der Waals surface area contributed by atoms with E-state index in [2.05, 4.69) is 21.2 Å². The van der Waals surface area contributed by atoms with Gasteiger partial charge in [0.15, 0.2) is 6.61 Å². The van der Waals surface area contributed by atoms with Crippen molar-refractivity contribution in [1.29, 1.82) is 0 Å². The fraction of sp³-hybridized carbons (Fsp3) is 0.154. The molecule has 3 rings (SSSR count). The second-order valence-corrected chi connectivity index (χ2v) is 7.72. The van der Waals surface area contributed by atoms with Gasteiger partial charge in [0.25, 0.3) is 5.91 Å². The van der Waals surface area contributed by atoms with Gasteiger partial charge in [0.2, 0.25) is 0 Å². The molecule has 0 aliphatic carbocycles. The van der Waals surface area contributed by atoms with E-state index in [0.29, 0.717) is 22.7 Å². The molecule has 0 aliphatic rings. The van der Waals surface area contributed by atoms with Gasteiger partial charge in [0.05, 0.1) is 6.21 Å². The van der Waals surface area contributed by atoms with Crippen molar-refractivity contribution in [2.45, 2.75) is 20.8 Å². The van der Waals surface area contributed by atoms with Gasteiger partial charge in [0.1, 0.15) is 5.75 Å². The SMILES string of the molecule is Cc1cc(C)cc(NC(=O)COc2ccccc2/C=N\NC(=O)C(=O)Nc2ccccc2C)c1. The number of hydrogen-bond acceptors (Lipinski definition) is 5. The van der Waals surface area contributed by atoms with Crippen LogP contribution in [0.5, 0.6) is 5.75 Å². The number of hydrazone groups is 1. The Hall–Kier alpha value is -4.46. The molecule has 34 heavy (non-hydrogen) atoms. The van der Waals surface area contributed by atoms with E-state index >= 15 is 0 Å². The van der Waals surface area contributed by atoms with Crippen molar-refractivity contribution >= 4 is 35.3 Å². The number of hydrogen-bond donors (Lipinski definition) is 3. The van der Waals surface area contributed by atoms with Crippen LogP contribution in [-0.2, 0) is 14.4 Å². The van der Waals surface area contributed by atoms with Gasteiger partial charge in [-0.05, 0) is 67.8 Å². The Morgan fingerprint density at radius 1 is 0.853 bits per heavy atom. The summed E-state index contributed by atoms with van der Waals surface area (Å²) >= 11 is 0. The van der Waals surface area contributed by atoms with Crippen molar-refractivity contribution < 1.29 is 19.1 Å². The number of carbonyl (C=O) groups excluding carboxylic acids is 3. The predicted molar refractivity (Wildman–Crippen MR) is 132 cm³/mol. The van der Waals surface area contributed by atoms with Crippen LogP contribution in [0.25, 0.3) is 0 Å². The minimum Gasteiger partial charge on any atom is -0.483 e. The zero-order valence-electron chi connectivity index (χ0n) is 19.2. The molecule has 0 atom stereocenters. The fourth-order valence-electron chi connectivity index (χ4n) is 3.21. The molecule has 8 heteroatoms. The first-order valence-electron chi connectivity index (χ1n) is 10.6. The maximum absolute atomic E-state index is 12.3. The Balaban J connectivity index is 1.55. The molecule has 0 aliphatic heterocycles. The summed E-state index contributed by atoms with van der Waals surface area (Å²) in [5.41, 5.74) is 6.90. The van der Waals surface area contributed by atoms with Gasteiger partial charge in [-0.15, -0.1) is 0 Å². The summed E-state index contributed by atoms with van der Waals surface area (Å²) in [5, 5.41) is 9.18. The maximum Gasteiger partial charge on any atom is 0.329 e. The predicted octanol–water partition coefficient (Wildman–Crippen LogP) is 3.72. The molecule has 3 aromatic carbocycles. The highest BCUT2D eigenvalue weighted by Crippen LogP contribution is 2.17. The molecule has 0 unspecified atom stereocenters. The van der Waals surface area contributed by atoms with Crippen molar-refractivity contribution in [2.24, 2.45) is 5.10 Å². The number of carbonyl (C=O) groups is 3. The van der Waals surface area contributed by atoms with E-state index < -0.39 is 11.8 Å². The first kappa shape index (κ1) is 24.2. The first-order chi connectivity index (χ1) is 16.3. The highest BCUT2D eigenvalue weighted by atomic mass is 16.5. The maximum atomic E-state index is 12.3. The number of nitrogens with zero attached hydrogens (tertiary/aromatic N) is 1. The molecule has 0 heterocycles. The second-order valence-electron chi connectivity index (χ2n) is 7.72. The fourth-order valence-corrected chi connectivity index (χ4v) is 3.21. The van der Waals surface area contributed by atoms with Gasteiger partial charge in [0, 0.05) is 16.9 Å². The van der Waals surface area contributed by atoms with E-state index in [1.807, 2.05) is 51.1 Å². The first-order valence-corrected chi connectivity index (χ1v) is 10.6. The van der Waals surface area contributed by atoms with Gasteiger partial charge >= 0.3 is 11.8 Å². The number of ether oxygens (including phenoxy) is 1. The average Bonchev–Trinajstić information content (AvgIpc) is 2.79. The van der Waals surface area contributed by atoms with Crippen LogP contribution in [-0.4, -0.2) is 30.5 Å². The lowest BCUT2D eigenvalue weighted by atomic mass is 10.1. The van der Waals surface area contributed by atoms with Crippen molar-refractivity contribution in [1.82, 2.24) is 5.43 Å². The average molecular weight is 459 g/mol. The van der Waals surface area contributed by atoms with Crippen LogP contribution in [0.2, 0.25) is 0 Å². The number of nitrogens with one attached hydrogen (secondary N) is 3. The van der Waals surface area contributed by atoms with E-state index in [1.165, 1.54) is 6.21 Å². The van der Waals surface area contributed by atoms with E-state index in [0.717, 1.165) is 16.7 Å². The topological polar surface area (TPSA) is 109 Å². The third-order valence-corrected chi connectivity index (χ3v) is 4.75. The zero-order chi connectivity index (χ0) is 24.5. The molecule has 3 aromatic rings. The van der Waals surface area contributed by atoms with Gasteiger partial charge in [-0.25, -0.2) is 5.43 Å². The number of aryl methyl sites for hydroxylation is 3. The summed E-state index contributed by atoms with van der Waals surface area (Å²) in [4.78, 5) is 36.4. The van der Waals surface area contributed by atoms with Crippen LogP contribution >= 0.6 is 0 Å². The summed E-state index contributed by atoms with van der Waals surface area (Å²) < 4.78 is 5.63. The van der Waals surface area contributed by atoms with Gasteiger partial charge < -0.3 is 15.4 Å². The van der Waals surface area contributed by atoms with E-state index in [9.17, 15) is 14.4 Å². The molecule has 0 aromatic heterocycles. The summed E-state index contributed by atoms with van der Waals surface area (Å²) in [6.07, 6.45) is 1.34. The Bertz CT molecular complexity index is 1220. The molecule has 0 saturated carbocycles. The number of para-hydroxylation sites is 2. The second kappa shape index (κ2) is 11.4. The minimum atomic E-state index is -0.911. The van der Waals surface area contributed by atoms with Crippen molar-refractivity contribution in [3.05, 3.63) is 89.0 Å². The summed E-state index contributed by atoms with van der Waals surface area (Å²) in [6.45, 7) is 5.54. The molecule has 3 N–H and O–H groups in total. The summed E-state index contributed by atoms with van der Waals surface area (Å²) in [7, 11) is 0. The number of amides is 3. The third-order valence-electron chi connectivity index (χ3n) is 4.75. The summed E-state index contributed by atoms with van der Waals surface area (Å²) in [5.74, 6) is -1.65. The van der Waals surface area contributed by atoms with E-state index in [-0.39, 0.29) is 12.5 Å². The molecule has 3 amide bonds. The number of rotatable bonds is 7. The van der Waals surface area contributed by atoms with Gasteiger partial charge in [-0.2, -0.15) is 5.10 Å². The molecule has 0 radical (unpaired) electrons. The van der Waals surface area contributed by atoms with Crippen LogP contribution < -0.4 is 20.8 Å². The normalized spacial score (nSPS) is 10.6. The quantitative estimate of drug-likeness (QED) is 0.285. The van der Waals surface area contributed by atoms with E-state index in [1.54, 1.807) is 36.4 Å². The van der Waals surface area contributed by atoms with Gasteiger partial charge in [-0.3, -0.25) is 14.4 Å². The van der Waals surface area contributed by atoms with Gasteiger partial charge in [-0.1, -0.05) is 36.4 Å². The lowest BCUT2D eigenvalue weighted by Crippen LogP contribution is -2.32. The Morgan fingerprint density at radius 2 is 1.53 bits per heavy atom. The molecule has 0 saturated heterocycles. The highest BCUT2D eigenvalue weighted by Gasteiger charge is 2.14. The standard InChI is InChI=1S/C26H26N4O4/c1-17-12-18(2)14-21(13-17)28-24(31)16-34-23-11-7-5-9-20(23)15-27-30-26(33)25(32)29-22-10-6-4-8-19(22)3/h4-15H,16H2,1-3H3,(H,28,31)(H,29,32)(H,30,33)/b27-15-. The molecule has 0 bridgehead atoms. The van der Waals surface area contributed by atoms with Crippen LogP contribution in [0.1, 0.15) is 22.3 Å². The number of anilines is 2. The molecular formula is C26H26N4O4. The van der Waals surface area contributed by atoms with Crippen LogP contribution in [0, 0.1) is 20.8 Å². The van der Waals surface area contributed by atoms with Crippen molar-refractivity contribution in [3.63, 3.8) is 0 Å². The summed E-state index contributed by atoms with van der Waals surface area (Å²) in [6, 6.07) is 19.8. The smallest absolute Gasteiger partial charge is 0.329 e. The largest absolute Gasteiger partial charge is 0.483 e. The lowest BCUT2D eigenvalue weighted by molar-refractivity contribution is -0.136. The Morgan fingerprint density at radius 3 is 2.26 bits per heavy atom. The molecular weight excluding hydrogens is 432 g/mol. The number of benzene rings is 3. The molecule has 174 valence electrons. The van der Waals surface area contributed by atoms with Crippen molar-refractivity contribution in [2.75, 3.05) is 17.2 Å². The minimum absolute atomic E-state index is 0.205. The Labute approximate surface area is 198 Å². The monoisotopic (exact) mass is 458 g/mol. The lowest BCUT2D eigenvalue weighted by Gasteiger charge is -2.10. The molecule has 8 nitrogen and oxygen atoms in total. The molecule has 0 spiro atoms. The van der Waals surface area contributed by atoms with Crippen LogP contribution in [0.4, 0.5) is 11.4 Å². The zero-order valence-corrected chi connectivity index (χ0v) is 19.2. The van der Waals surface area contributed by atoms with Crippen molar-refractivity contribution in [3.8, 4) is 5.75 Å². The Kier molecular flexibility index (Phi) is 8.12. The third kappa shape index (κ3) is 7.03. The van der Waals surface area contributed by atoms with E-state index in [4.69, 9.17) is 4.74 Å². The molecule has 0 fully saturated rings.